The highest BCUT2D eigenvalue weighted by Gasteiger charge is 2.18. The van der Waals surface area contributed by atoms with E-state index in [9.17, 15) is 4.79 Å². The summed E-state index contributed by atoms with van der Waals surface area (Å²) in [6.45, 7) is 4.82. The second-order valence-electron chi connectivity index (χ2n) is 3.97. The molecule has 0 bridgehead atoms. The normalized spacial score (nSPS) is 12.5. The molecule has 3 nitrogen and oxygen atoms in total. The zero-order chi connectivity index (χ0) is 12.8. The molecular weight excluding hydrogens is 282 g/mol. The van der Waals surface area contributed by atoms with Crippen LogP contribution in [0.15, 0.2) is 28.7 Å². The van der Waals surface area contributed by atoms with Gasteiger partial charge in [-0.15, -0.1) is 0 Å². The number of hydrogen-bond donors (Lipinski definition) is 0. The van der Waals surface area contributed by atoms with Crippen molar-refractivity contribution < 1.29 is 9.53 Å². The number of rotatable bonds is 5. The molecule has 0 fully saturated rings. The summed E-state index contributed by atoms with van der Waals surface area (Å²) in [5.41, 5.74) is 1.16. The van der Waals surface area contributed by atoms with E-state index in [0.29, 0.717) is 6.61 Å². The van der Waals surface area contributed by atoms with Gasteiger partial charge in [0.25, 0.3) is 0 Å². The quantitative estimate of drug-likeness (QED) is 0.783. The molecule has 0 saturated carbocycles. The molecule has 0 aliphatic heterocycles. The van der Waals surface area contributed by atoms with Crippen molar-refractivity contribution in [2.24, 2.45) is 0 Å². The molecule has 1 aromatic rings. The summed E-state index contributed by atoms with van der Waals surface area (Å²) in [4.78, 5) is 13.5. The molecule has 0 heterocycles. The Bertz CT molecular complexity index is 381. The maximum atomic E-state index is 11.6. The van der Waals surface area contributed by atoms with Crippen LogP contribution in [0.25, 0.3) is 0 Å². The van der Waals surface area contributed by atoms with E-state index in [0.717, 1.165) is 16.6 Å². The van der Waals surface area contributed by atoms with Crippen LogP contribution in [-0.2, 0) is 16.1 Å². The van der Waals surface area contributed by atoms with Crippen molar-refractivity contribution in [1.29, 1.82) is 0 Å². The van der Waals surface area contributed by atoms with Gasteiger partial charge in [-0.25, -0.2) is 0 Å². The molecular formula is C13H18BrNO2. The third kappa shape index (κ3) is 4.48. The average molecular weight is 300 g/mol. The van der Waals surface area contributed by atoms with Crippen molar-refractivity contribution in [2.45, 2.75) is 26.4 Å². The number of halogens is 1. The van der Waals surface area contributed by atoms with Gasteiger partial charge in [0.2, 0.25) is 0 Å². The lowest BCUT2D eigenvalue weighted by Crippen LogP contribution is -2.36. The Kier molecular flexibility index (Phi) is 5.65. The van der Waals surface area contributed by atoms with Crippen LogP contribution in [0, 0.1) is 0 Å². The first-order valence-corrected chi connectivity index (χ1v) is 6.45. The van der Waals surface area contributed by atoms with Crippen molar-refractivity contribution in [2.75, 3.05) is 13.7 Å². The van der Waals surface area contributed by atoms with E-state index < -0.39 is 0 Å². The number of benzene rings is 1. The topological polar surface area (TPSA) is 29.5 Å². The average Bonchev–Trinajstić information content (AvgIpc) is 2.28. The van der Waals surface area contributed by atoms with Gasteiger partial charge < -0.3 is 4.74 Å². The Morgan fingerprint density at radius 2 is 2.24 bits per heavy atom. The van der Waals surface area contributed by atoms with E-state index >= 15 is 0 Å². The lowest BCUT2D eigenvalue weighted by atomic mass is 10.2. The first kappa shape index (κ1) is 14.2. The summed E-state index contributed by atoms with van der Waals surface area (Å²) in [6, 6.07) is 7.84. The minimum atomic E-state index is -0.228. The summed E-state index contributed by atoms with van der Waals surface area (Å²) in [5.74, 6) is -0.176. The van der Waals surface area contributed by atoms with Crippen LogP contribution in [0.4, 0.5) is 0 Å². The molecule has 94 valence electrons. The van der Waals surface area contributed by atoms with E-state index in [1.54, 1.807) is 0 Å². The molecule has 0 aliphatic rings. The molecule has 0 N–H and O–H groups in total. The number of esters is 1. The third-order valence-corrected chi connectivity index (χ3v) is 3.10. The van der Waals surface area contributed by atoms with Gasteiger partial charge in [0.05, 0.1) is 6.61 Å². The van der Waals surface area contributed by atoms with Crippen LogP contribution >= 0.6 is 15.9 Å². The van der Waals surface area contributed by atoms with Crippen molar-refractivity contribution in [1.82, 2.24) is 4.90 Å². The smallest absolute Gasteiger partial charge is 0.323 e. The van der Waals surface area contributed by atoms with E-state index in [1.165, 1.54) is 0 Å². The molecule has 1 aromatic carbocycles. The van der Waals surface area contributed by atoms with Gasteiger partial charge in [-0.2, -0.15) is 0 Å². The molecule has 4 heteroatoms. The molecule has 0 radical (unpaired) electrons. The van der Waals surface area contributed by atoms with Gasteiger partial charge >= 0.3 is 5.97 Å². The molecule has 1 rings (SSSR count). The van der Waals surface area contributed by atoms with Gasteiger partial charge in [-0.05, 0) is 38.6 Å². The standard InChI is InChI=1S/C13H18BrNO2/c1-4-17-13(16)10(2)15(3)9-11-6-5-7-12(14)8-11/h5-8,10H,4,9H2,1-3H3. The maximum absolute atomic E-state index is 11.6. The zero-order valence-electron chi connectivity index (χ0n) is 10.4. The largest absolute Gasteiger partial charge is 0.465 e. The second-order valence-corrected chi connectivity index (χ2v) is 4.89. The van der Waals surface area contributed by atoms with Crippen LogP contribution in [-0.4, -0.2) is 30.6 Å². The fourth-order valence-electron chi connectivity index (χ4n) is 1.50. The predicted octanol–water partition coefficient (Wildman–Crippen LogP) is 2.83. The lowest BCUT2D eigenvalue weighted by Gasteiger charge is -2.23. The van der Waals surface area contributed by atoms with Crippen molar-refractivity contribution in [3.05, 3.63) is 34.3 Å². The van der Waals surface area contributed by atoms with Gasteiger partial charge in [0, 0.05) is 11.0 Å². The molecule has 0 aliphatic carbocycles. The van der Waals surface area contributed by atoms with Gasteiger partial charge in [0.15, 0.2) is 0 Å². The van der Waals surface area contributed by atoms with Crippen LogP contribution in [0.3, 0.4) is 0 Å². The van der Waals surface area contributed by atoms with Crippen molar-refractivity contribution in [3.8, 4) is 0 Å². The predicted molar refractivity (Wildman–Crippen MR) is 71.7 cm³/mol. The summed E-state index contributed by atoms with van der Waals surface area (Å²) >= 11 is 3.43. The second kappa shape index (κ2) is 6.77. The molecule has 1 atom stereocenters. The zero-order valence-corrected chi connectivity index (χ0v) is 12.0. The number of carbonyl (C=O) groups excluding carboxylic acids is 1. The Hall–Kier alpha value is -0.870. The lowest BCUT2D eigenvalue weighted by molar-refractivity contribution is -0.148. The number of nitrogens with zero attached hydrogens (tertiary/aromatic N) is 1. The van der Waals surface area contributed by atoms with Gasteiger partial charge in [-0.3, -0.25) is 9.69 Å². The van der Waals surface area contributed by atoms with E-state index in [2.05, 4.69) is 15.9 Å². The van der Waals surface area contributed by atoms with Crippen LogP contribution in [0.5, 0.6) is 0 Å². The summed E-state index contributed by atoms with van der Waals surface area (Å²) in [7, 11) is 1.92. The fraction of sp³-hybridized carbons (Fsp3) is 0.462. The number of carbonyl (C=O) groups is 1. The van der Waals surface area contributed by atoms with E-state index in [1.807, 2.05) is 50.1 Å². The maximum Gasteiger partial charge on any atom is 0.323 e. The Morgan fingerprint density at radius 3 is 2.82 bits per heavy atom. The molecule has 0 amide bonds. The number of likely N-dealkylation sites (N-methyl/N-ethyl adjacent to an activating group) is 1. The molecule has 0 aromatic heterocycles. The Balaban J connectivity index is 2.59. The van der Waals surface area contributed by atoms with E-state index in [-0.39, 0.29) is 12.0 Å². The monoisotopic (exact) mass is 299 g/mol. The number of hydrogen-bond acceptors (Lipinski definition) is 3. The highest BCUT2D eigenvalue weighted by molar-refractivity contribution is 9.10. The van der Waals surface area contributed by atoms with Crippen LogP contribution < -0.4 is 0 Å². The molecule has 17 heavy (non-hydrogen) atoms. The van der Waals surface area contributed by atoms with Gasteiger partial charge in [0.1, 0.15) is 6.04 Å². The Labute approximate surface area is 111 Å². The van der Waals surface area contributed by atoms with Crippen LogP contribution in [0.1, 0.15) is 19.4 Å². The first-order chi connectivity index (χ1) is 8.04. The van der Waals surface area contributed by atoms with E-state index in [4.69, 9.17) is 4.74 Å². The fourth-order valence-corrected chi connectivity index (χ4v) is 1.95. The van der Waals surface area contributed by atoms with Crippen LogP contribution in [0.2, 0.25) is 0 Å². The third-order valence-electron chi connectivity index (χ3n) is 2.61. The summed E-state index contributed by atoms with van der Waals surface area (Å²) < 4.78 is 6.04. The van der Waals surface area contributed by atoms with Crippen molar-refractivity contribution in [3.63, 3.8) is 0 Å². The van der Waals surface area contributed by atoms with Crippen molar-refractivity contribution >= 4 is 21.9 Å². The summed E-state index contributed by atoms with van der Waals surface area (Å²) in [5, 5.41) is 0. The SMILES string of the molecule is CCOC(=O)C(C)N(C)Cc1cccc(Br)c1. The first-order valence-electron chi connectivity index (χ1n) is 5.66. The summed E-state index contributed by atoms with van der Waals surface area (Å²) in [6.07, 6.45) is 0. The van der Waals surface area contributed by atoms with Gasteiger partial charge in [-0.1, -0.05) is 28.1 Å². The number of ether oxygens (including phenoxy) is 1. The Morgan fingerprint density at radius 1 is 1.53 bits per heavy atom. The highest BCUT2D eigenvalue weighted by Crippen LogP contribution is 2.14. The molecule has 0 saturated heterocycles. The molecule has 1 unspecified atom stereocenters. The molecule has 0 spiro atoms. The minimum Gasteiger partial charge on any atom is -0.465 e. The minimum absolute atomic E-state index is 0.176. The highest BCUT2D eigenvalue weighted by atomic mass is 79.9.